The fourth-order valence-electron chi connectivity index (χ4n) is 5.19. The van der Waals surface area contributed by atoms with E-state index in [1.54, 1.807) is 0 Å². The summed E-state index contributed by atoms with van der Waals surface area (Å²) in [5, 5.41) is 59.7. The summed E-state index contributed by atoms with van der Waals surface area (Å²) >= 11 is 0. The number of anilines is 2. The van der Waals surface area contributed by atoms with Crippen LogP contribution in [-0.4, -0.2) is 113 Å². The Morgan fingerprint density at radius 1 is 0.913 bits per heavy atom. The molecule has 6 rings (SSSR count). The number of nitrogens with zero attached hydrogens (tertiary/aromatic N) is 4. The van der Waals surface area contributed by atoms with Crippen LogP contribution in [0.2, 0.25) is 0 Å². The van der Waals surface area contributed by atoms with Gasteiger partial charge in [-0.05, 0) is 26.0 Å². The molecule has 2 fully saturated rings. The van der Waals surface area contributed by atoms with Gasteiger partial charge in [0.25, 0.3) is 11.1 Å². The summed E-state index contributed by atoms with van der Waals surface area (Å²) in [7, 11) is -2.26. The van der Waals surface area contributed by atoms with E-state index in [4.69, 9.17) is 30.9 Å². The molecule has 252 valence electrons. The minimum absolute atomic E-state index is 0.0654. The third-order valence-corrected chi connectivity index (χ3v) is 8.10. The Hall–Kier alpha value is -3.57. The lowest BCUT2D eigenvalue weighted by atomic mass is 9.96. The molecule has 4 aromatic heterocycles. The lowest BCUT2D eigenvalue weighted by Crippen LogP contribution is -2.44. The Kier molecular flexibility index (Phi) is 9.22. The fraction of sp³-hybridized carbons (Fsp3) is 0.500. The second kappa shape index (κ2) is 12.6. The molecule has 0 saturated carbocycles. The van der Waals surface area contributed by atoms with Crippen LogP contribution in [0.5, 0.6) is 0 Å². The molecule has 0 aromatic carbocycles. The first-order chi connectivity index (χ1) is 21.6. The zero-order valence-electron chi connectivity index (χ0n) is 24.2. The maximum Gasteiger partial charge on any atom is 0.261 e. The molecule has 0 spiro atoms. The number of H-pyrrole nitrogens is 2. The molecule has 0 bridgehead atoms. The molecular formula is C24H33N8O13P. The summed E-state index contributed by atoms with van der Waals surface area (Å²) in [4.78, 5) is 50.4. The maximum absolute atomic E-state index is 11.9. The molecule has 3 unspecified atom stereocenters. The number of aliphatic hydroxyl groups is 6. The molecule has 2 saturated heterocycles. The van der Waals surface area contributed by atoms with Crippen molar-refractivity contribution in [2.45, 2.75) is 62.1 Å². The largest absolute Gasteiger partial charge is 0.394 e. The minimum atomic E-state index is -2.26. The number of aromatic amines is 2. The monoisotopic (exact) mass is 672 g/mol. The minimum Gasteiger partial charge on any atom is -0.394 e. The van der Waals surface area contributed by atoms with E-state index in [9.17, 15) is 40.0 Å². The number of aliphatic hydroxyl groups excluding tert-OH is 4. The Bertz CT molecular complexity index is 1820. The van der Waals surface area contributed by atoms with E-state index >= 15 is 0 Å². The maximum atomic E-state index is 11.9. The number of aromatic nitrogens is 6. The first kappa shape index (κ1) is 33.8. The van der Waals surface area contributed by atoms with Gasteiger partial charge >= 0.3 is 0 Å². The van der Waals surface area contributed by atoms with Crippen LogP contribution in [0.3, 0.4) is 0 Å². The predicted octanol–water partition coefficient (Wildman–Crippen LogP) is -3.22. The zero-order chi connectivity index (χ0) is 33.7. The normalized spacial score (nSPS) is 31.8. The Morgan fingerprint density at radius 3 is 1.85 bits per heavy atom. The first-order valence-corrected chi connectivity index (χ1v) is 14.9. The van der Waals surface area contributed by atoms with Crippen LogP contribution in [0.15, 0.2) is 34.1 Å². The van der Waals surface area contributed by atoms with Crippen LogP contribution >= 0.6 is 8.38 Å². The van der Waals surface area contributed by atoms with Crippen LogP contribution in [0.25, 0.3) is 22.1 Å². The third-order valence-electron chi connectivity index (χ3n) is 7.60. The molecular weight excluding hydrogens is 639 g/mol. The standard InChI is InChI=1S/C12H17N4O8P.C12H16N4O5/c1-12(20)6(18)9(23-24-25(21)4-17)22-10(12)16-3-2-5-7(16)14-11(13)15-8(5)19;1-12(20)7(18)6(4-17)21-10(12)16-3-2-5-8(16)14-11(13)15-9(5)19/h2-3,6,9-10,17-18,20-21H,4H2,1H3,(H3,13,14,15,19);2-3,6-7,10,17-18,20H,4H2,1H3,(H3,13,14,15,19)/t6?,9-,10-,12-,25?;6-,7?,10-,12-/m11/s1. The van der Waals surface area contributed by atoms with Crippen molar-refractivity contribution in [2.75, 3.05) is 24.4 Å². The topological polar surface area (TPSA) is 332 Å². The van der Waals surface area contributed by atoms with Gasteiger partial charge in [0.15, 0.2) is 23.8 Å². The highest BCUT2D eigenvalue weighted by molar-refractivity contribution is 7.45. The van der Waals surface area contributed by atoms with Crippen LogP contribution < -0.4 is 22.6 Å². The summed E-state index contributed by atoms with van der Waals surface area (Å²) in [5.74, 6) is -0.190. The predicted molar refractivity (Wildman–Crippen MR) is 156 cm³/mol. The Morgan fingerprint density at radius 2 is 1.39 bits per heavy atom. The molecule has 0 aliphatic carbocycles. The fourth-order valence-corrected chi connectivity index (χ4v) is 5.42. The molecule has 0 radical (unpaired) electrons. The summed E-state index contributed by atoms with van der Waals surface area (Å²) in [6, 6.07) is 2.97. The quantitative estimate of drug-likeness (QED) is 0.0522. The Balaban J connectivity index is 0.000000184. The van der Waals surface area contributed by atoms with E-state index in [0.29, 0.717) is 0 Å². The van der Waals surface area contributed by atoms with Gasteiger partial charge in [-0.3, -0.25) is 19.6 Å². The summed E-state index contributed by atoms with van der Waals surface area (Å²) < 4.78 is 18.2. The molecule has 4 aromatic rings. The second-order valence-corrected chi connectivity index (χ2v) is 12.0. The molecule has 46 heavy (non-hydrogen) atoms. The SMILES string of the molecule is C[C@@]1(O)C(O)[C@@H](CO)O[C@H]1n1ccc2c(=O)[nH]c(N)nc21.C[C@@]1(O)C(O)[C@@H](OOP(O)CO)O[C@H]1n1ccc2c(=O)[nH]c(N)nc21. The van der Waals surface area contributed by atoms with Crippen LogP contribution in [0.4, 0.5) is 11.9 Å². The molecule has 2 aliphatic rings. The van der Waals surface area contributed by atoms with Crippen molar-refractivity contribution in [2.24, 2.45) is 0 Å². The van der Waals surface area contributed by atoms with Gasteiger partial charge in [0.1, 0.15) is 35.9 Å². The van der Waals surface area contributed by atoms with Crippen molar-refractivity contribution in [3.05, 3.63) is 45.2 Å². The van der Waals surface area contributed by atoms with Crippen LogP contribution in [-0.2, 0) is 19.0 Å². The highest BCUT2D eigenvalue weighted by atomic mass is 31.2. The van der Waals surface area contributed by atoms with Gasteiger partial charge in [-0.1, -0.05) is 0 Å². The van der Waals surface area contributed by atoms with Crippen LogP contribution in [0.1, 0.15) is 26.3 Å². The number of ether oxygens (including phenoxy) is 2. The van der Waals surface area contributed by atoms with Crippen molar-refractivity contribution in [1.29, 1.82) is 0 Å². The van der Waals surface area contributed by atoms with E-state index in [-0.39, 0.29) is 34.0 Å². The second-order valence-electron chi connectivity index (χ2n) is 10.9. The number of nitrogen functional groups attached to an aromatic ring is 2. The average Bonchev–Trinajstić information content (AvgIpc) is 3.71. The van der Waals surface area contributed by atoms with Gasteiger partial charge in [-0.2, -0.15) is 19.5 Å². The molecule has 13 N–H and O–H groups in total. The van der Waals surface area contributed by atoms with Crippen molar-refractivity contribution >= 4 is 42.3 Å². The number of hydrogen-bond acceptors (Lipinski definition) is 17. The van der Waals surface area contributed by atoms with E-state index in [2.05, 4.69) is 24.6 Å². The molecule has 0 amide bonds. The van der Waals surface area contributed by atoms with Gasteiger partial charge < -0.3 is 65.6 Å². The highest BCUT2D eigenvalue weighted by Gasteiger charge is 2.55. The van der Waals surface area contributed by atoms with Gasteiger partial charge in [0.05, 0.1) is 17.4 Å². The summed E-state index contributed by atoms with van der Waals surface area (Å²) in [5.41, 5.74) is 7.06. The van der Waals surface area contributed by atoms with Gasteiger partial charge in [0.2, 0.25) is 26.6 Å². The van der Waals surface area contributed by atoms with Gasteiger partial charge in [-0.25, -0.2) is 0 Å². The van der Waals surface area contributed by atoms with Crippen molar-refractivity contribution < 1.29 is 54.6 Å². The average molecular weight is 673 g/mol. The van der Waals surface area contributed by atoms with E-state index in [0.717, 1.165) is 0 Å². The van der Waals surface area contributed by atoms with Crippen LogP contribution in [0, 0.1) is 0 Å². The zero-order valence-corrected chi connectivity index (χ0v) is 25.1. The highest BCUT2D eigenvalue weighted by Crippen LogP contribution is 2.42. The smallest absolute Gasteiger partial charge is 0.261 e. The number of rotatable bonds is 7. The van der Waals surface area contributed by atoms with Crippen molar-refractivity contribution in [1.82, 2.24) is 29.1 Å². The molecule has 22 heteroatoms. The summed E-state index contributed by atoms with van der Waals surface area (Å²) in [6.07, 6.45) is -5.14. The molecule has 9 atom stereocenters. The third kappa shape index (κ3) is 5.88. The first-order valence-electron chi connectivity index (χ1n) is 13.5. The number of hydrogen-bond donors (Lipinski definition) is 11. The van der Waals surface area contributed by atoms with Crippen molar-refractivity contribution in [3.63, 3.8) is 0 Å². The molecule has 6 heterocycles. The van der Waals surface area contributed by atoms with E-state index < -0.39 is 80.7 Å². The molecule has 21 nitrogen and oxygen atoms in total. The number of nitrogens with two attached hydrogens (primary N) is 2. The van der Waals surface area contributed by atoms with Gasteiger partial charge in [0, 0.05) is 12.4 Å². The lowest BCUT2D eigenvalue weighted by Gasteiger charge is -2.27. The lowest BCUT2D eigenvalue weighted by molar-refractivity contribution is -0.332. The van der Waals surface area contributed by atoms with E-state index in [1.807, 2.05) is 0 Å². The molecule has 2 aliphatic heterocycles. The Labute approximate surface area is 258 Å². The van der Waals surface area contributed by atoms with E-state index in [1.165, 1.54) is 47.5 Å². The van der Waals surface area contributed by atoms with Crippen molar-refractivity contribution in [3.8, 4) is 0 Å². The van der Waals surface area contributed by atoms with Gasteiger partial charge in [-0.15, -0.1) is 0 Å². The number of fused-ring (bicyclic) bond motifs is 2. The summed E-state index contributed by atoms with van der Waals surface area (Å²) in [6.45, 7) is 2.24. The number of nitrogens with one attached hydrogen (secondary N) is 2.